The molecular weight excluding hydrogens is 242 g/mol. The van der Waals surface area contributed by atoms with E-state index in [1.165, 1.54) is 12.8 Å². The first-order chi connectivity index (χ1) is 9.20. The molecule has 4 heteroatoms. The topological polar surface area (TPSA) is 50.7 Å². The van der Waals surface area contributed by atoms with Crippen LogP contribution < -0.4 is 5.32 Å². The molecule has 4 nitrogen and oxygen atoms in total. The zero-order valence-corrected chi connectivity index (χ0v) is 12.6. The van der Waals surface area contributed by atoms with Gasteiger partial charge < -0.3 is 19.9 Å². The van der Waals surface area contributed by atoms with Crippen molar-refractivity contribution < 1.29 is 14.6 Å². The van der Waals surface area contributed by atoms with Gasteiger partial charge in [-0.1, -0.05) is 6.92 Å². The van der Waals surface area contributed by atoms with E-state index in [9.17, 15) is 5.11 Å². The van der Waals surface area contributed by atoms with E-state index in [0.29, 0.717) is 6.10 Å². The van der Waals surface area contributed by atoms with Gasteiger partial charge >= 0.3 is 0 Å². The van der Waals surface area contributed by atoms with E-state index in [1.54, 1.807) is 0 Å². The fourth-order valence-electron chi connectivity index (χ4n) is 2.37. The lowest BCUT2D eigenvalue weighted by molar-refractivity contribution is -0.0419. The summed E-state index contributed by atoms with van der Waals surface area (Å²) in [6.07, 6.45) is 6.88. The number of nitrogens with one attached hydrogen (secondary N) is 1. The quantitative estimate of drug-likeness (QED) is 0.599. The highest BCUT2D eigenvalue weighted by Gasteiger charge is 2.21. The Balaban J connectivity index is 2.04. The molecule has 114 valence electrons. The molecule has 0 bridgehead atoms. The third-order valence-corrected chi connectivity index (χ3v) is 3.75. The highest BCUT2D eigenvalue weighted by Crippen LogP contribution is 2.14. The molecule has 1 saturated heterocycles. The number of aliphatic hydroxyl groups is 1. The summed E-state index contributed by atoms with van der Waals surface area (Å²) in [4.78, 5) is 0. The van der Waals surface area contributed by atoms with E-state index in [2.05, 4.69) is 19.2 Å². The highest BCUT2D eigenvalue weighted by atomic mass is 16.5. The maximum Gasteiger partial charge on any atom is 0.0808 e. The van der Waals surface area contributed by atoms with Crippen LogP contribution in [-0.4, -0.2) is 49.7 Å². The van der Waals surface area contributed by atoms with Gasteiger partial charge in [-0.05, 0) is 52.0 Å². The van der Waals surface area contributed by atoms with Crippen molar-refractivity contribution in [2.45, 2.75) is 64.0 Å². The lowest BCUT2D eigenvalue weighted by atomic mass is 9.97. The van der Waals surface area contributed by atoms with Crippen LogP contribution in [0, 0.1) is 0 Å². The lowest BCUT2D eigenvalue weighted by Gasteiger charge is -2.29. The second kappa shape index (κ2) is 9.70. The first kappa shape index (κ1) is 16.9. The predicted molar refractivity (Wildman–Crippen MR) is 77.4 cm³/mol. The van der Waals surface area contributed by atoms with Crippen molar-refractivity contribution in [1.82, 2.24) is 5.32 Å². The predicted octanol–water partition coefficient (Wildman–Crippen LogP) is 2.10. The average Bonchev–Trinajstić information content (AvgIpc) is 2.46. The fourth-order valence-corrected chi connectivity index (χ4v) is 2.37. The SMILES string of the molecule is CCCNC(C)(CO)CCCOCC1CCCCO1. The van der Waals surface area contributed by atoms with E-state index in [0.717, 1.165) is 52.0 Å². The molecule has 1 heterocycles. The van der Waals surface area contributed by atoms with E-state index in [1.807, 2.05) is 0 Å². The van der Waals surface area contributed by atoms with Crippen molar-refractivity contribution in [1.29, 1.82) is 0 Å². The van der Waals surface area contributed by atoms with Crippen LogP contribution >= 0.6 is 0 Å². The van der Waals surface area contributed by atoms with E-state index < -0.39 is 0 Å². The Morgan fingerprint density at radius 3 is 2.89 bits per heavy atom. The molecule has 0 aromatic carbocycles. The maximum atomic E-state index is 9.45. The summed E-state index contributed by atoms with van der Waals surface area (Å²) in [5, 5.41) is 12.9. The molecule has 1 rings (SSSR count). The van der Waals surface area contributed by atoms with Gasteiger partial charge in [-0.2, -0.15) is 0 Å². The van der Waals surface area contributed by atoms with Gasteiger partial charge in [0.15, 0.2) is 0 Å². The molecular formula is C15H31NO3. The highest BCUT2D eigenvalue weighted by molar-refractivity contribution is 4.81. The van der Waals surface area contributed by atoms with Crippen LogP contribution in [0.25, 0.3) is 0 Å². The van der Waals surface area contributed by atoms with Crippen molar-refractivity contribution in [3.8, 4) is 0 Å². The van der Waals surface area contributed by atoms with Gasteiger partial charge in [0.25, 0.3) is 0 Å². The van der Waals surface area contributed by atoms with Crippen molar-refractivity contribution in [2.75, 3.05) is 33.0 Å². The van der Waals surface area contributed by atoms with Crippen LogP contribution in [0.4, 0.5) is 0 Å². The zero-order valence-electron chi connectivity index (χ0n) is 12.6. The molecule has 0 aromatic heterocycles. The lowest BCUT2D eigenvalue weighted by Crippen LogP contribution is -2.46. The van der Waals surface area contributed by atoms with E-state index >= 15 is 0 Å². The third-order valence-electron chi connectivity index (χ3n) is 3.75. The Bertz CT molecular complexity index is 219. The first-order valence-electron chi connectivity index (χ1n) is 7.75. The van der Waals surface area contributed by atoms with E-state index in [4.69, 9.17) is 9.47 Å². The second-order valence-electron chi connectivity index (χ2n) is 5.81. The standard InChI is InChI=1S/C15H31NO3/c1-3-9-16-15(2,13-17)8-6-10-18-12-14-7-4-5-11-19-14/h14,16-17H,3-13H2,1-2H3. The van der Waals surface area contributed by atoms with Gasteiger partial charge in [-0.25, -0.2) is 0 Å². The van der Waals surface area contributed by atoms with Crippen molar-refractivity contribution in [2.24, 2.45) is 0 Å². The van der Waals surface area contributed by atoms with Crippen LogP contribution in [0.5, 0.6) is 0 Å². The molecule has 0 spiro atoms. The molecule has 0 radical (unpaired) electrons. The maximum absolute atomic E-state index is 9.45. The van der Waals surface area contributed by atoms with Crippen LogP contribution in [0.1, 0.15) is 52.4 Å². The molecule has 1 fully saturated rings. The molecule has 0 aromatic rings. The van der Waals surface area contributed by atoms with Crippen LogP contribution in [-0.2, 0) is 9.47 Å². The van der Waals surface area contributed by atoms with Crippen LogP contribution in [0.3, 0.4) is 0 Å². The van der Waals surface area contributed by atoms with E-state index in [-0.39, 0.29) is 12.1 Å². The minimum absolute atomic E-state index is 0.166. The normalized spacial score (nSPS) is 23.2. The smallest absolute Gasteiger partial charge is 0.0808 e. The summed E-state index contributed by atoms with van der Waals surface area (Å²) in [5.41, 5.74) is -0.166. The van der Waals surface area contributed by atoms with Gasteiger partial charge in [0.2, 0.25) is 0 Å². The molecule has 2 unspecified atom stereocenters. The summed E-state index contributed by atoms with van der Waals surface area (Å²) in [6.45, 7) is 7.70. The largest absolute Gasteiger partial charge is 0.394 e. The Hall–Kier alpha value is -0.160. The fraction of sp³-hybridized carbons (Fsp3) is 1.00. The second-order valence-corrected chi connectivity index (χ2v) is 5.81. The van der Waals surface area contributed by atoms with Gasteiger partial charge in [0.1, 0.15) is 0 Å². The van der Waals surface area contributed by atoms with Crippen molar-refractivity contribution in [3.05, 3.63) is 0 Å². The van der Waals surface area contributed by atoms with Crippen molar-refractivity contribution >= 4 is 0 Å². The number of hydrogen-bond acceptors (Lipinski definition) is 4. The molecule has 1 aliphatic heterocycles. The number of hydrogen-bond donors (Lipinski definition) is 2. The minimum atomic E-state index is -0.166. The summed E-state index contributed by atoms with van der Waals surface area (Å²) < 4.78 is 11.3. The molecule has 1 aliphatic rings. The molecule has 2 atom stereocenters. The zero-order chi connectivity index (χ0) is 14.0. The number of rotatable bonds is 10. The Labute approximate surface area is 117 Å². The minimum Gasteiger partial charge on any atom is -0.394 e. The van der Waals surface area contributed by atoms with Gasteiger partial charge in [-0.15, -0.1) is 0 Å². The monoisotopic (exact) mass is 273 g/mol. The van der Waals surface area contributed by atoms with Gasteiger partial charge in [0, 0.05) is 18.8 Å². The van der Waals surface area contributed by atoms with Gasteiger partial charge in [-0.3, -0.25) is 0 Å². The number of ether oxygens (including phenoxy) is 2. The van der Waals surface area contributed by atoms with Crippen LogP contribution in [0.2, 0.25) is 0 Å². The molecule has 0 aliphatic carbocycles. The summed E-state index contributed by atoms with van der Waals surface area (Å²) in [7, 11) is 0. The Morgan fingerprint density at radius 2 is 2.26 bits per heavy atom. The van der Waals surface area contributed by atoms with Gasteiger partial charge in [0.05, 0.1) is 19.3 Å². The number of aliphatic hydroxyl groups excluding tert-OH is 1. The first-order valence-corrected chi connectivity index (χ1v) is 7.75. The summed E-state index contributed by atoms with van der Waals surface area (Å²) in [5.74, 6) is 0. The molecule has 2 N–H and O–H groups in total. The molecule has 19 heavy (non-hydrogen) atoms. The van der Waals surface area contributed by atoms with Crippen molar-refractivity contribution in [3.63, 3.8) is 0 Å². The third kappa shape index (κ3) is 7.25. The Kier molecular flexibility index (Phi) is 8.62. The Morgan fingerprint density at radius 1 is 1.42 bits per heavy atom. The average molecular weight is 273 g/mol. The summed E-state index contributed by atoms with van der Waals surface area (Å²) >= 11 is 0. The molecule has 0 saturated carbocycles. The molecule has 0 amide bonds. The van der Waals surface area contributed by atoms with Crippen LogP contribution in [0.15, 0.2) is 0 Å². The summed E-state index contributed by atoms with van der Waals surface area (Å²) in [6, 6.07) is 0.